The van der Waals surface area contributed by atoms with Crippen LogP contribution < -0.4 is 11.2 Å². The highest BCUT2D eigenvalue weighted by molar-refractivity contribution is 5.16. The molecule has 112 valence electrons. The summed E-state index contributed by atoms with van der Waals surface area (Å²) in [4.78, 5) is 26.4. The molecule has 0 saturated carbocycles. The van der Waals surface area contributed by atoms with Crippen LogP contribution in [-0.2, 0) is 20.0 Å². The second kappa shape index (κ2) is 6.54. The maximum atomic E-state index is 12.2. The first-order valence-corrected chi connectivity index (χ1v) is 6.97. The van der Waals surface area contributed by atoms with Gasteiger partial charge in [-0.05, 0) is 26.1 Å². The van der Waals surface area contributed by atoms with E-state index in [1.165, 1.54) is 11.6 Å². The Morgan fingerprint density at radius 1 is 1.10 bits per heavy atom. The molecular formula is C16H21N3O2. The van der Waals surface area contributed by atoms with Gasteiger partial charge in [0.15, 0.2) is 0 Å². The maximum absolute atomic E-state index is 12.2. The SMILES string of the molecule is CN(C)CCc1cn(Cc2ccccc2)c(=O)n(C)c1=O. The van der Waals surface area contributed by atoms with Gasteiger partial charge in [0, 0.05) is 25.4 Å². The zero-order valence-corrected chi connectivity index (χ0v) is 12.7. The van der Waals surface area contributed by atoms with E-state index in [0.29, 0.717) is 18.5 Å². The molecule has 0 radical (unpaired) electrons. The van der Waals surface area contributed by atoms with Crippen LogP contribution in [0.15, 0.2) is 46.1 Å². The van der Waals surface area contributed by atoms with Crippen LogP contribution in [0.25, 0.3) is 0 Å². The summed E-state index contributed by atoms with van der Waals surface area (Å²) < 4.78 is 2.79. The van der Waals surface area contributed by atoms with E-state index in [0.717, 1.165) is 12.1 Å². The quantitative estimate of drug-likeness (QED) is 0.813. The predicted octanol–water partition coefficient (Wildman–Crippen LogP) is 0.699. The van der Waals surface area contributed by atoms with E-state index in [2.05, 4.69) is 0 Å². The Balaban J connectivity index is 2.37. The lowest BCUT2D eigenvalue weighted by Gasteiger charge is -2.13. The fraction of sp³-hybridized carbons (Fsp3) is 0.375. The van der Waals surface area contributed by atoms with Gasteiger partial charge in [0.25, 0.3) is 5.56 Å². The van der Waals surface area contributed by atoms with Crippen molar-refractivity contribution in [2.75, 3.05) is 20.6 Å². The molecule has 0 amide bonds. The summed E-state index contributed by atoms with van der Waals surface area (Å²) in [5.41, 5.74) is 1.22. The molecule has 2 rings (SSSR count). The van der Waals surface area contributed by atoms with Crippen molar-refractivity contribution in [3.8, 4) is 0 Å². The van der Waals surface area contributed by atoms with Crippen LogP contribution in [0.2, 0.25) is 0 Å². The molecule has 0 saturated heterocycles. The van der Waals surface area contributed by atoms with Crippen molar-refractivity contribution in [1.29, 1.82) is 0 Å². The molecule has 0 spiro atoms. The Morgan fingerprint density at radius 2 is 1.76 bits per heavy atom. The van der Waals surface area contributed by atoms with Crippen LogP contribution in [0.1, 0.15) is 11.1 Å². The molecule has 0 bridgehead atoms. The van der Waals surface area contributed by atoms with E-state index in [-0.39, 0.29) is 11.2 Å². The van der Waals surface area contributed by atoms with Gasteiger partial charge in [0.05, 0.1) is 6.54 Å². The van der Waals surface area contributed by atoms with Gasteiger partial charge in [0.2, 0.25) is 0 Å². The van der Waals surface area contributed by atoms with Crippen molar-refractivity contribution in [3.63, 3.8) is 0 Å². The summed E-state index contributed by atoms with van der Waals surface area (Å²) in [6, 6.07) is 9.76. The molecule has 21 heavy (non-hydrogen) atoms. The topological polar surface area (TPSA) is 47.2 Å². The van der Waals surface area contributed by atoms with E-state index in [1.807, 2.05) is 49.3 Å². The summed E-state index contributed by atoms with van der Waals surface area (Å²) in [6.07, 6.45) is 2.33. The first kappa shape index (κ1) is 15.3. The average Bonchev–Trinajstić information content (AvgIpc) is 2.47. The molecular weight excluding hydrogens is 266 g/mol. The van der Waals surface area contributed by atoms with Gasteiger partial charge >= 0.3 is 5.69 Å². The van der Waals surface area contributed by atoms with Crippen molar-refractivity contribution < 1.29 is 0 Å². The third kappa shape index (κ3) is 3.70. The third-order valence-corrected chi connectivity index (χ3v) is 3.45. The molecule has 0 atom stereocenters. The van der Waals surface area contributed by atoms with Crippen LogP contribution in [0.5, 0.6) is 0 Å². The first-order valence-electron chi connectivity index (χ1n) is 6.97. The molecule has 5 nitrogen and oxygen atoms in total. The molecule has 1 aromatic heterocycles. The minimum absolute atomic E-state index is 0.203. The van der Waals surface area contributed by atoms with E-state index >= 15 is 0 Å². The highest BCUT2D eigenvalue weighted by Gasteiger charge is 2.09. The summed E-state index contributed by atoms with van der Waals surface area (Å²) in [5.74, 6) is 0. The third-order valence-electron chi connectivity index (χ3n) is 3.45. The molecule has 0 unspecified atom stereocenters. The number of nitrogens with zero attached hydrogens (tertiary/aromatic N) is 3. The highest BCUT2D eigenvalue weighted by atomic mass is 16.2. The molecule has 0 aliphatic rings. The Kier molecular flexibility index (Phi) is 4.75. The smallest absolute Gasteiger partial charge is 0.309 e. The minimum Gasteiger partial charge on any atom is -0.309 e. The summed E-state index contributed by atoms with van der Waals surface area (Å²) in [5, 5.41) is 0. The predicted molar refractivity (Wildman–Crippen MR) is 83.7 cm³/mol. The van der Waals surface area contributed by atoms with E-state index in [9.17, 15) is 9.59 Å². The number of hydrogen-bond donors (Lipinski definition) is 0. The largest absolute Gasteiger partial charge is 0.331 e. The van der Waals surface area contributed by atoms with Crippen LogP contribution in [0.4, 0.5) is 0 Å². The van der Waals surface area contributed by atoms with E-state index < -0.39 is 0 Å². The average molecular weight is 287 g/mol. The lowest BCUT2D eigenvalue weighted by Crippen LogP contribution is -2.40. The van der Waals surface area contributed by atoms with Crippen molar-refractivity contribution in [3.05, 3.63) is 68.5 Å². The number of aromatic nitrogens is 2. The van der Waals surface area contributed by atoms with Crippen LogP contribution in [0.3, 0.4) is 0 Å². The second-order valence-electron chi connectivity index (χ2n) is 5.47. The van der Waals surface area contributed by atoms with Crippen molar-refractivity contribution in [2.45, 2.75) is 13.0 Å². The number of benzene rings is 1. The standard InChI is InChI=1S/C16H21N3O2/c1-17(2)10-9-14-12-19(16(21)18(3)15(14)20)11-13-7-5-4-6-8-13/h4-8,12H,9-11H2,1-3H3. The molecule has 5 heteroatoms. The Labute approximate surface area is 124 Å². The Morgan fingerprint density at radius 3 is 2.38 bits per heavy atom. The van der Waals surface area contributed by atoms with Crippen molar-refractivity contribution >= 4 is 0 Å². The van der Waals surface area contributed by atoms with E-state index in [1.54, 1.807) is 10.8 Å². The molecule has 1 aromatic carbocycles. The Hall–Kier alpha value is -2.14. The normalized spacial score (nSPS) is 11.0. The molecule has 0 N–H and O–H groups in total. The van der Waals surface area contributed by atoms with Crippen LogP contribution >= 0.6 is 0 Å². The molecule has 0 aliphatic heterocycles. The fourth-order valence-electron chi connectivity index (χ4n) is 2.20. The van der Waals surface area contributed by atoms with Gasteiger partial charge in [-0.3, -0.25) is 13.9 Å². The van der Waals surface area contributed by atoms with Gasteiger partial charge < -0.3 is 4.90 Å². The van der Waals surface area contributed by atoms with Gasteiger partial charge in [-0.1, -0.05) is 30.3 Å². The van der Waals surface area contributed by atoms with Crippen LogP contribution in [0, 0.1) is 0 Å². The van der Waals surface area contributed by atoms with Crippen molar-refractivity contribution in [2.24, 2.45) is 7.05 Å². The second-order valence-corrected chi connectivity index (χ2v) is 5.47. The summed E-state index contributed by atoms with van der Waals surface area (Å²) >= 11 is 0. The minimum atomic E-state index is -0.280. The number of likely N-dealkylation sites (N-methyl/N-ethyl adjacent to an activating group) is 1. The van der Waals surface area contributed by atoms with Gasteiger partial charge in [-0.15, -0.1) is 0 Å². The monoisotopic (exact) mass is 287 g/mol. The molecule has 0 fully saturated rings. The van der Waals surface area contributed by atoms with Gasteiger partial charge in [-0.25, -0.2) is 4.79 Å². The fourth-order valence-corrected chi connectivity index (χ4v) is 2.20. The lowest BCUT2D eigenvalue weighted by atomic mass is 10.2. The van der Waals surface area contributed by atoms with Crippen molar-refractivity contribution in [1.82, 2.24) is 14.0 Å². The molecule has 0 aliphatic carbocycles. The van der Waals surface area contributed by atoms with Gasteiger partial charge in [0.1, 0.15) is 0 Å². The van der Waals surface area contributed by atoms with E-state index in [4.69, 9.17) is 0 Å². The number of hydrogen-bond acceptors (Lipinski definition) is 3. The zero-order chi connectivity index (χ0) is 15.4. The zero-order valence-electron chi connectivity index (χ0n) is 12.7. The number of rotatable bonds is 5. The maximum Gasteiger partial charge on any atom is 0.331 e. The molecule has 2 aromatic rings. The van der Waals surface area contributed by atoms with Gasteiger partial charge in [-0.2, -0.15) is 0 Å². The highest BCUT2D eigenvalue weighted by Crippen LogP contribution is 2.01. The summed E-state index contributed by atoms with van der Waals surface area (Å²) in [7, 11) is 5.46. The van der Waals surface area contributed by atoms with Crippen LogP contribution in [-0.4, -0.2) is 34.7 Å². The lowest BCUT2D eigenvalue weighted by molar-refractivity contribution is 0.411. The Bertz CT molecular complexity index is 715. The first-order chi connectivity index (χ1) is 9.99. The summed E-state index contributed by atoms with van der Waals surface area (Å²) in [6.45, 7) is 1.25. The molecule has 1 heterocycles.